The Morgan fingerprint density at radius 2 is 2.00 bits per heavy atom. The van der Waals surface area contributed by atoms with Gasteiger partial charge in [-0.05, 0) is 31.9 Å². The van der Waals surface area contributed by atoms with Gasteiger partial charge in [-0.1, -0.05) is 6.07 Å². The van der Waals surface area contributed by atoms with Crippen molar-refractivity contribution in [1.82, 2.24) is 0 Å². The minimum atomic E-state index is -0.196. The largest absolute Gasteiger partial charge is 0.493 e. The third kappa shape index (κ3) is 5.48. The van der Waals surface area contributed by atoms with Gasteiger partial charge in [-0.25, -0.2) is 0 Å². The molecule has 0 aliphatic carbocycles. The Morgan fingerprint density at radius 3 is 2.65 bits per heavy atom. The van der Waals surface area contributed by atoms with Crippen molar-refractivity contribution in [2.24, 2.45) is 5.73 Å². The molecule has 1 aromatic rings. The van der Waals surface area contributed by atoms with E-state index in [9.17, 15) is 4.79 Å². The molecule has 0 aliphatic heterocycles. The zero-order chi connectivity index (χ0) is 14.8. The van der Waals surface area contributed by atoms with Crippen molar-refractivity contribution in [2.75, 3.05) is 26.4 Å². The third-order valence-corrected chi connectivity index (χ3v) is 2.63. The highest BCUT2D eigenvalue weighted by molar-refractivity contribution is 5.69. The monoisotopic (exact) mass is 281 g/mol. The maximum absolute atomic E-state index is 11.4. The van der Waals surface area contributed by atoms with Crippen LogP contribution in [0.4, 0.5) is 0 Å². The smallest absolute Gasteiger partial charge is 0.306 e. The molecule has 0 heterocycles. The molecule has 0 aromatic heterocycles. The van der Waals surface area contributed by atoms with Crippen molar-refractivity contribution in [2.45, 2.75) is 26.7 Å². The second kappa shape index (κ2) is 9.20. The Hall–Kier alpha value is -1.75. The molecule has 1 rings (SSSR count). The van der Waals surface area contributed by atoms with Crippen molar-refractivity contribution in [3.8, 4) is 11.5 Å². The molecule has 0 aliphatic rings. The van der Waals surface area contributed by atoms with Crippen LogP contribution in [0.3, 0.4) is 0 Å². The fraction of sp³-hybridized carbons (Fsp3) is 0.533. The van der Waals surface area contributed by atoms with Crippen LogP contribution >= 0.6 is 0 Å². The lowest BCUT2D eigenvalue weighted by atomic mass is 10.1. The summed E-state index contributed by atoms with van der Waals surface area (Å²) in [6.45, 7) is 5.62. The summed E-state index contributed by atoms with van der Waals surface area (Å²) in [5, 5.41) is 0. The number of rotatable bonds is 9. The predicted octanol–water partition coefficient (Wildman–Crippen LogP) is 1.92. The molecule has 0 atom stereocenters. The lowest BCUT2D eigenvalue weighted by Crippen LogP contribution is -2.11. The molecule has 0 bridgehead atoms. The van der Waals surface area contributed by atoms with Gasteiger partial charge in [0.1, 0.15) is 18.1 Å². The molecule has 112 valence electrons. The summed E-state index contributed by atoms with van der Waals surface area (Å²) < 4.78 is 16.0. The molecule has 0 amide bonds. The Bertz CT molecular complexity index is 420. The van der Waals surface area contributed by atoms with Crippen LogP contribution in [0.5, 0.6) is 11.5 Å². The number of hydrogen-bond acceptors (Lipinski definition) is 5. The summed E-state index contributed by atoms with van der Waals surface area (Å²) in [5.41, 5.74) is 6.38. The van der Waals surface area contributed by atoms with Crippen LogP contribution < -0.4 is 15.2 Å². The van der Waals surface area contributed by atoms with Crippen LogP contribution in [0.15, 0.2) is 18.2 Å². The maximum atomic E-state index is 11.4. The lowest BCUT2D eigenvalue weighted by Gasteiger charge is -2.12. The molecular formula is C15H23NO4. The Morgan fingerprint density at radius 1 is 1.20 bits per heavy atom. The van der Waals surface area contributed by atoms with Gasteiger partial charge in [0.25, 0.3) is 0 Å². The molecule has 0 unspecified atom stereocenters. The van der Waals surface area contributed by atoms with Gasteiger partial charge >= 0.3 is 5.97 Å². The van der Waals surface area contributed by atoms with E-state index < -0.39 is 0 Å². The van der Waals surface area contributed by atoms with Gasteiger partial charge < -0.3 is 19.9 Å². The van der Waals surface area contributed by atoms with Gasteiger partial charge in [0.05, 0.1) is 13.2 Å². The SMILES string of the molecule is CCOC(=O)CCc1ccc(OCCN)cc1OCC. The van der Waals surface area contributed by atoms with Crippen LogP contribution in [0, 0.1) is 0 Å². The van der Waals surface area contributed by atoms with Crippen LogP contribution in [0.1, 0.15) is 25.8 Å². The number of carbonyl (C=O) groups excluding carboxylic acids is 1. The van der Waals surface area contributed by atoms with Crippen LogP contribution in [-0.2, 0) is 16.0 Å². The fourth-order valence-electron chi connectivity index (χ4n) is 1.77. The van der Waals surface area contributed by atoms with E-state index in [4.69, 9.17) is 19.9 Å². The van der Waals surface area contributed by atoms with Crippen molar-refractivity contribution < 1.29 is 19.0 Å². The molecule has 5 heteroatoms. The molecule has 1 aromatic carbocycles. The van der Waals surface area contributed by atoms with E-state index in [0.29, 0.717) is 39.2 Å². The van der Waals surface area contributed by atoms with Crippen molar-refractivity contribution in [3.05, 3.63) is 23.8 Å². The number of benzene rings is 1. The van der Waals surface area contributed by atoms with Crippen LogP contribution in [0.25, 0.3) is 0 Å². The second-order valence-electron chi connectivity index (χ2n) is 4.14. The average molecular weight is 281 g/mol. The summed E-state index contributed by atoms with van der Waals surface area (Å²) in [6, 6.07) is 5.61. The summed E-state index contributed by atoms with van der Waals surface area (Å²) in [5.74, 6) is 1.27. The molecule has 20 heavy (non-hydrogen) atoms. The molecular weight excluding hydrogens is 258 g/mol. The Labute approximate surface area is 120 Å². The lowest BCUT2D eigenvalue weighted by molar-refractivity contribution is -0.143. The molecule has 0 fully saturated rings. The Balaban J connectivity index is 2.70. The summed E-state index contributed by atoms with van der Waals surface area (Å²) >= 11 is 0. The summed E-state index contributed by atoms with van der Waals surface area (Å²) in [6.07, 6.45) is 0.933. The van der Waals surface area contributed by atoms with Gasteiger partial charge in [0.15, 0.2) is 0 Å². The summed E-state index contributed by atoms with van der Waals surface area (Å²) in [4.78, 5) is 11.4. The molecule has 0 saturated heterocycles. The fourth-order valence-corrected chi connectivity index (χ4v) is 1.77. The third-order valence-electron chi connectivity index (χ3n) is 2.63. The molecule has 0 radical (unpaired) electrons. The number of esters is 1. The first-order valence-corrected chi connectivity index (χ1v) is 6.95. The first-order valence-electron chi connectivity index (χ1n) is 6.95. The average Bonchev–Trinajstić information content (AvgIpc) is 2.44. The van der Waals surface area contributed by atoms with Gasteiger partial charge in [-0.15, -0.1) is 0 Å². The van der Waals surface area contributed by atoms with Gasteiger partial charge in [-0.2, -0.15) is 0 Å². The highest BCUT2D eigenvalue weighted by Crippen LogP contribution is 2.26. The van der Waals surface area contributed by atoms with E-state index in [2.05, 4.69) is 0 Å². The molecule has 0 saturated carbocycles. The van der Waals surface area contributed by atoms with E-state index in [0.717, 1.165) is 17.1 Å². The van der Waals surface area contributed by atoms with Crippen LogP contribution in [0.2, 0.25) is 0 Å². The van der Waals surface area contributed by atoms with E-state index >= 15 is 0 Å². The van der Waals surface area contributed by atoms with Crippen molar-refractivity contribution in [3.63, 3.8) is 0 Å². The van der Waals surface area contributed by atoms with Gasteiger partial charge in [-0.3, -0.25) is 4.79 Å². The number of hydrogen-bond donors (Lipinski definition) is 1. The van der Waals surface area contributed by atoms with Crippen LogP contribution in [-0.4, -0.2) is 32.3 Å². The second-order valence-corrected chi connectivity index (χ2v) is 4.14. The van der Waals surface area contributed by atoms with Crippen molar-refractivity contribution >= 4 is 5.97 Å². The first kappa shape index (κ1) is 16.3. The number of nitrogens with two attached hydrogens (primary N) is 1. The molecule has 0 spiro atoms. The van der Waals surface area contributed by atoms with Gasteiger partial charge in [0.2, 0.25) is 0 Å². The molecule has 5 nitrogen and oxygen atoms in total. The number of aryl methyl sites for hydroxylation is 1. The predicted molar refractivity (Wildman–Crippen MR) is 77.1 cm³/mol. The van der Waals surface area contributed by atoms with E-state index in [-0.39, 0.29) is 5.97 Å². The maximum Gasteiger partial charge on any atom is 0.306 e. The standard InChI is InChI=1S/C15H23NO4/c1-3-18-14-11-13(20-10-9-16)7-5-12(14)6-8-15(17)19-4-2/h5,7,11H,3-4,6,8-10,16H2,1-2H3. The van der Waals surface area contributed by atoms with E-state index in [1.54, 1.807) is 6.92 Å². The minimum Gasteiger partial charge on any atom is -0.493 e. The quantitative estimate of drug-likeness (QED) is 0.700. The summed E-state index contributed by atoms with van der Waals surface area (Å²) in [7, 11) is 0. The van der Waals surface area contributed by atoms with Gasteiger partial charge in [0, 0.05) is 19.0 Å². The number of carbonyl (C=O) groups is 1. The van der Waals surface area contributed by atoms with E-state index in [1.807, 2.05) is 25.1 Å². The zero-order valence-corrected chi connectivity index (χ0v) is 12.2. The zero-order valence-electron chi connectivity index (χ0n) is 12.2. The van der Waals surface area contributed by atoms with E-state index in [1.165, 1.54) is 0 Å². The molecule has 2 N–H and O–H groups in total. The topological polar surface area (TPSA) is 70.8 Å². The number of ether oxygens (including phenoxy) is 3. The highest BCUT2D eigenvalue weighted by atomic mass is 16.5. The normalized spacial score (nSPS) is 10.2. The highest BCUT2D eigenvalue weighted by Gasteiger charge is 2.09. The minimum absolute atomic E-state index is 0.196. The van der Waals surface area contributed by atoms with Crippen molar-refractivity contribution in [1.29, 1.82) is 0 Å². The Kier molecular flexibility index (Phi) is 7.50. The first-order chi connectivity index (χ1) is 9.71.